The smallest absolute Gasteiger partial charge is 0.266 e. The van der Waals surface area contributed by atoms with E-state index < -0.39 is 29.2 Å². The Hall–Kier alpha value is -2.80. The van der Waals surface area contributed by atoms with Gasteiger partial charge in [-0.2, -0.15) is 0 Å². The van der Waals surface area contributed by atoms with Crippen molar-refractivity contribution in [3.05, 3.63) is 59.2 Å². The van der Waals surface area contributed by atoms with Gasteiger partial charge in [0.15, 0.2) is 17.4 Å². The molecule has 2 aromatic carbocycles. The number of fused-ring (bicyclic) bond motifs is 1. The van der Waals surface area contributed by atoms with Crippen LogP contribution in [0.3, 0.4) is 0 Å². The number of halogens is 2. The first-order chi connectivity index (χ1) is 12.6. The molecule has 0 unspecified atom stereocenters. The highest BCUT2D eigenvalue weighted by Gasteiger charge is 2.37. The Morgan fingerprint density at radius 3 is 2.04 bits per heavy atom. The fourth-order valence-corrected chi connectivity index (χ4v) is 3.17. The van der Waals surface area contributed by atoms with Crippen LogP contribution in [0, 0.1) is 11.6 Å². The second kappa shape index (κ2) is 6.49. The largest absolute Gasteiger partial charge is 0.484 e. The minimum Gasteiger partial charge on any atom is -0.484 e. The fraction of sp³-hybridized carbons (Fsp3) is 0.263. The molecule has 134 valence electrons. The highest BCUT2D eigenvalue weighted by Crippen LogP contribution is 2.33. The molecule has 0 radical (unpaired) electrons. The summed E-state index contributed by atoms with van der Waals surface area (Å²) in [6.45, 7) is 0.946. The number of hydrogen-bond donors (Lipinski definition) is 0. The highest BCUT2D eigenvalue weighted by molar-refractivity contribution is 6.34. The lowest BCUT2D eigenvalue weighted by Gasteiger charge is -2.24. The Balaban J connectivity index is 1.65. The zero-order valence-corrected chi connectivity index (χ0v) is 13.7. The van der Waals surface area contributed by atoms with E-state index in [0.717, 1.165) is 17.0 Å². The Morgan fingerprint density at radius 2 is 1.50 bits per heavy atom. The van der Waals surface area contributed by atoms with E-state index >= 15 is 0 Å². The van der Waals surface area contributed by atoms with Crippen LogP contribution in [0.2, 0.25) is 0 Å². The van der Waals surface area contributed by atoms with Crippen molar-refractivity contribution in [2.45, 2.75) is 18.9 Å². The summed E-state index contributed by atoms with van der Waals surface area (Å²) in [6, 6.07) is 8.15. The number of hydrogen-bond acceptors (Lipinski definition) is 4. The number of ether oxygens (including phenoxy) is 2. The molecule has 2 aliphatic rings. The topological polar surface area (TPSA) is 55.8 Å². The molecule has 7 heteroatoms. The van der Waals surface area contributed by atoms with Crippen molar-refractivity contribution in [1.82, 2.24) is 0 Å². The van der Waals surface area contributed by atoms with E-state index in [4.69, 9.17) is 9.47 Å². The summed E-state index contributed by atoms with van der Waals surface area (Å²) >= 11 is 0. The number of carbonyl (C=O) groups is 2. The molecular weight excluding hydrogens is 344 g/mol. The van der Waals surface area contributed by atoms with E-state index in [0.29, 0.717) is 26.1 Å². The first-order valence-corrected chi connectivity index (χ1v) is 8.27. The highest BCUT2D eigenvalue weighted by atomic mass is 19.1. The van der Waals surface area contributed by atoms with E-state index in [1.54, 1.807) is 12.1 Å². The fourth-order valence-electron chi connectivity index (χ4n) is 3.17. The predicted molar refractivity (Wildman–Crippen MR) is 88.4 cm³/mol. The molecule has 0 aliphatic carbocycles. The predicted octanol–water partition coefficient (Wildman–Crippen LogP) is 3.32. The number of amides is 2. The number of carbonyl (C=O) groups excluding carboxylic acids is 2. The first kappa shape index (κ1) is 16.7. The summed E-state index contributed by atoms with van der Waals surface area (Å²) in [4.78, 5) is 25.7. The molecule has 0 bridgehead atoms. The van der Waals surface area contributed by atoms with Crippen molar-refractivity contribution in [1.29, 1.82) is 0 Å². The third-order valence-electron chi connectivity index (χ3n) is 4.49. The number of imide groups is 1. The van der Waals surface area contributed by atoms with E-state index in [1.165, 1.54) is 12.1 Å². The third-order valence-corrected chi connectivity index (χ3v) is 4.49. The quantitative estimate of drug-likeness (QED) is 0.789. The normalized spacial score (nSPS) is 17.5. The standard InChI is InChI=1S/C19H15F2NO4/c20-15-9-11(10-16(21)17(15)26-12-5-7-25-8-6-12)22-18(23)13-3-1-2-4-14(13)19(22)24/h1-4,9-10,12H,5-8H2. The lowest BCUT2D eigenvalue weighted by atomic mass is 10.1. The molecule has 1 fully saturated rings. The van der Waals surface area contributed by atoms with Gasteiger partial charge in [-0.05, 0) is 12.1 Å². The van der Waals surface area contributed by atoms with Gasteiger partial charge in [0.05, 0.1) is 30.0 Å². The lowest BCUT2D eigenvalue weighted by molar-refractivity contribution is 0.0223. The van der Waals surface area contributed by atoms with Gasteiger partial charge in [0, 0.05) is 25.0 Å². The average Bonchev–Trinajstić information content (AvgIpc) is 2.90. The number of nitrogens with zero attached hydrogens (tertiary/aromatic N) is 1. The molecule has 26 heavy (non-hydrogen) atoms. The molecular formula is C19H15F2NO4. The van der Waals surface area contributed by atoms with Gasteiger partial charge < -0.3 is 9.47 Å². The van der Waals surface area contributed by atoms with Gasteiger partial charge in [-0.25, -0.2) is 13.7 Å². The molecule has 5 nitrogen and oxygen atoms in total. The van der Waals surface area contributed by atoms with Gasteiger partial charge in [-0.3, -0.25) is 9.59 Å². The Morgan fingerprint density at radius 1 is 0.962 bits per heavy atom. The monoisotopic (exact) mass is 359 g/mol. The number of benzene rings is 2. The van der Waals surface area contributed by atoms with Crippen LogP contribution >= 0.6 is 0 Å². The average molecular weight is 359 g/mol. The van der Waals surface area contributed by atoms with Crippen molar-refractivity contribution in [2.75, 3.05) is 18.1 Å². The van der Waals surface area contributed by atoms with Crippen LogP contribution in [0.15, 0.2) is 36.4 Å². The summed E-state index contributed by atoms with van der Waals surface area (Å²) in [5, 5.41) is 0. The molecule has 0 aromatic heterocycles. The van der Waals surface area contributed by atoms with Crippen molar-refractivity contribution in [2.24, 2.45) is 0 Å². The van der Waals surface area contributed by atoms with E-state index in [2.05, 4.69) is 0 Å². The van der Waals surface area contributed by atoms with Crippen molar-refractivity contribution in [3.63, 3.8) is 0 Å². The zero-order valence-electron chi connectivity index (χ0n) is 13.7. The summed E-state index contributed by atoms with van der Waals surface area (Å²) < 4.78 is 39.5. The number of anilines is 1. The Labute approximate surface area is 148 Å². The number of rotatable bonds is 3. The maximum absolute atomic E-state index is 14.5. The molecule has 0 saturated carbocycles. The Bertz CT molecular complexity index is 835. The van der Waals surface area contributed by atoms with Gasteiger partial charge in [0.25, 0.3) is 11.8 Å². The molecule has 2 heterocycles. The van der Waals surface area contributed by atoms with Crippen LogP contribution in [0.5, 0.6) is 5.75 Å². The summed E-state index contributed by atoms with van der Waals surface area (Å²) in [5.74, 6) is -3.63. The minimum atomic E-state index is -0.956. The van der Waals surface area contributed by atoms with Gasteiger partial charge in [-0.15, -0.1) is 0 Å². The summed E-state index contributed by atoms with van der Waals surface area (Å²) in [7, 11) is 0. The zero-order chi connectivity index (χ0) is 18.3. The van der Waals surface area contributed by atoms with Gasteiger partial charge >= 0.3 is 0 Å². The molecule has 2 amide bonds. The van der Waals surface area contributed by atoms with Crippen molar-refractivity contribution >= 4 is 17.5 Å². The van der Waals surface area contributed by atoms with Crippen molar-refractivity contribution in [3.8, 4) is 5.75 Å². The van der Waals surface area contributed by atoms with E-state index in [9.17, 15) is 18.4 Å². The minimum absolute atomic E-state index is 0.162. The SMILES string of the molecule is O=C1c2ccccc2C(=O)N1c1cc(F)c(OC2CCOCC2)c(F)c1. The molecule has 4 rings (SSSR count). The molecule has 0 spiro atoms. The second-order valence-corrected chi connectivity index (χ2v) is 6.16. The van der Waals surface area contributed by atoms with Crippen LogP contribution in [0.25, 0.3) is 0 Å². The lowest BCUT2D eigenvalue weighted by Crippen LogP contribution is -2.30. The Kier molecular flexibility index (Phi) is 4.16. The van der Waals surface area contributed by atoms with Crippen molar-refractivity contribution < 1.29 is 27.8 Å². The van der Waals surface area contributed by atoms with Crippen LogP contribution in [-0.2, 0) is 4.74 Å². The van der Waals surface area contributed by atoms with Gasteiger partial charge in [0.1, 0.15) is 6.10 Å². The molecule has 2 aromatic rings. The summed E-state index contributed by atoms with van der Waals surface area (Å²) in [6.07, 6.45) is 0.746. The first-order valence-electron chi connectivity index (χ1n) is 8.27. The summed E-state index contributed by atoms with van der Waals surface area (Å²) in [5.41, 5.74) is 0.257. The maximum Gasteiger partial charge on any atom is 0.266 e. The second-order valence-electron chi connectivity index (χ2n) is 6.16. The van der Waals surface area contributed by atoms with E-state index in [-0.39, 0.29) is 22.9 Å². The maximum atomic E-state index is 14.5. The van der Waals surface area contributed by atoms with Crippen LogP contribution in [0.4, 0.5) is 14.5 Å². The van der Waals surface area contributed by atoms with Gasteiger partial charge in [-0.1, -0.05) is 12.1 Å². The third kappa shape index (κ3) is 2.74. The molecule has 1 saturated heterocycles. The molecule has 0 N–H and O–H groups in total. The van der Waals surface area contributed by atoms with Crippen LogP contribution in [-0.4, -0.2) is 31.1 Å². The molecule has 0 atom stereocenters. The molecule has 2 aliphatic heterocycles. The van der Waals surface area contributed by atoms with Crippen LogP contribution in [0.1, 0.15) is 33.6 Å². The van der Waals surface area contributed by atoms with Gasteiger partial charge in [0.2, 0.25) is 0 Å². The van der Waals surface area contributed by atoms with E-state index in [1.807, 2.05) is 0 Å². The van der Waals surface area contributed by atoms with Crippen LogP contribution < -0.4 is 9.64 Å².